The summed E-state index contributed by atoms with van der Waals surface area (Å²) in [4.78, 5) is 12.3. The average Bonchev–Trinajstić information content (AvgIpc) is 2.88. The molecule has 23 heavy (non-hydrogen) atoms. The number of nitrogens with zero attached hydrogens (tertiary/aromatic N) is 2. The summed E-state index contributed by atoms with van der Waals surface area (Å²) in [6.07, 6.45) is 0.482. The minimum absolute atomic E-state index is 0.0150. The van der Waals surface area contributed by atoms with Crippen LogP contribution in [0, 0.1) is 6.92 Å². The number of hydrogen-bond acceptors (Lipinski definition) is 4. The maximum atomic E-state index is 12.3. The molecule has 0 saturated carbocycles. The second-order valence-corrected chi connectivity index (χ2v) is 7.61. The second-order valence-electron chi connectivity index (χ2n) is 5.54. The summed E-state index contributed by atoms with van der Waals surface area (Å²) in [5, 5.41) is 10.9. The second kappa shape index (κ2) is 7.51. The normalized spacial score (nSPS) is 17.9. The lowest BCUT2D eigenvalue weighted by molar-refractivity contribution is -0.116. The van der Waals surface area contributed by atoms with E-state index >= 15 is 0 Å². The highest BCUT2D eigenvalue weighted by atomic mass is 79.9. The first-order chi connectivity index (χ1) is 11.1. The number of rotatable bonds is 4. The van der Waals surface area contributed by atoms with Crippen molar-refractivity contribution >= 4 is 39.4 Å². The summed E-state index contributed by atoms with van der Waals surface area (Å²) in [7, 11) is 0. The predicted molar refractivity (Wildman–Crippen MR) is 98.4 cm³/mol. The van der Waals surface area contributed by atoms with Crippen molar-refractivity contribution in [3.8, 4) is 5.69 Å². The lowest BCUT2D eigenvalue weighted by Crippen LogP contribution is -2.40. The first-order valence-corrected chi connectivity index (χ1v) is 9.50. The molecule has 122 valence electrons. The number of hydrogen-bond donors (Lipinski definition) is 2. The van der Waals surface area contributed by atoms with Gasteiger partial charge < -0.3 is 10.6 Å². The molecule has 2 N–H and O–H groups in total. The number of thioether (sulfide) groups is 1. The van der Waals surface area contributed by atoms with Crippen LogP contribution in [0.1, 0.15) is 12.1 Å². The molecule has 1 aromatic heterocycles. The molecule has 0 aliphatic carbocycles. The van der Waals surface area contributed by atoms with Gasteiger partial charge in [-0.25, -0.2) is 4.68 Å². The van der Waals surface area contributed by atoms with E-state index in [0.29, 0.717) is 12.2 Å². The summed E-state index contributed by atoms with van der Waals surface area (Å²) >= 11 is 5.36. The topological polar surface area (TPSA) is 59.0 Å². The maximum absolute atomic E-state index is 12.3. The van der Waals surface area contributed by atoms with Crippen molar-refractivity contribution in [1.29, 1.82) is 0 Å². The largest absolute Gasteiger partial charge is 0.312 e. The number of nitrogens with one attached hydrogen (secondary N) is 2. The fraction of sp³-hybridized carbons (Fsp3) is 0.375. The molecular formula is C16H19BrN4OS. The lowest BCUT2D eigenvalue weighted by Gasteiger charge is -2.22. The smallest absolute Gasteiger partial charge is 0.227 e. The zero-order chi connectivity index (χ0) is 16.2. The zero-order valence-electron chi connectivity index (χ0n) is 12.9. The average molecular weight is 395 g/mol. The molecule has 2 aromatic rings. The highest BCUT2D eigenvalue weighted by Gasteiger charge is 2.18. The van der Waals surface area contributed by atoms with E-state index < -0.39 is 0 Å². The Balaban J connectivity index is 1.73. The van der Waals surface area contributed by atoms with Crippen molar-refractivity contribution < 1.29 is 4.79 Å². The molecule has 0 bridgehead atoms. The number of carbonyl (C=O) groups is 1. The monoisotopic (exact) mass is 394 g/mol. The highest BCUT2D eigenvalue weighted by Crippen LogP contribution is 2.21. The molecule has 0 spiro atoms. The molecule has 3 rings (SSSR count). The van der Waals surface area contributed by atoms with Crippen LogP contribution in [0.15, 0.2) is 34.8 Å². The van der Waals surface area contributed by atoms with Gasteiger partial charge in [-0.05, 0) is 25.1 Å². The van der Waals surface area contributed by atoms with Crippen LogP contribution in [0.25, 0.3) is 5.69 Å². The minimum Gasteiger partial charge on any atom is -0.312 e. The van der Waals surface area contributed by atoms with Gasteiger partial charge in [0.2, 0.25) is 5.91 Å². The lowest BCUT2D eigenvalue weighted by atomic mass is 10.2. The number of aromatic nitrogens is 2. The Morgan fingerprint density at radius 3 is 3.13 bits per heavy atom. The van der Waals surface area contributed by atoms with Crippen LogP contribution in [0.5, 0.6) is 0 Å². The van der Waals surface area contributed by atoms with E-state index in [0.717, 1.165) is 33.9 Å². The van der Waals surface area contributed by atoms with E-state index in [9.17, 15) is 4.79 Å². The predicted octanol–water partition coefficient (Wildman–Crippen LogP) is 2.98. The minimum atomic E-state index is 0.0150. The molecule has 1 atom stereocenters. The van der Waals surface area contributed by atoms with Gasteiger partial charge in [-0.2, -0.15) is 16.9 Å². The summed E-state index contributed by atoms with van der Waals surface area (Å²) < 4.78 is 2.74. The number of amides is 1. The Kier molecular flexibility index (Phi) is 5.40. The van der Waals surface area contributed by atoms with Crippen LogP contribution < -0.4 is 10.6 Å². The van der Waals surface area contributed by atoms with Gasteiger partial charge in [0.15, 0.2) is 0 Å². The highest BCUT2D eigenvalue weighted by molar-refractivity contribution is 9.10. The number of halogens is 1. The van der Waals surface area contributed by atoms with Crippen LogP contribution in [0.2, 0.25) is 0 Å². The van der Waals surface area contributed by atoms with Crippen molar-refractivity contribution in [2.45, 2.75) is 19.4 Å². The number of anilines is 1. The Morgan fingerprint density at radius 2 is 2.39 bits per heavy atom. The Morgan fingerprint density at radius 1 is 1.52 bits per heavy atom. The zero-order valence-corrected chi connectivity index (χ0v) is 15.3. The third-order valence-electron chi connectivity index (χ3n) is 3.58. The first-order valence-electron chi connectivity index (χ1n) is 7.55. The van der Waals surface area contributed by atoms with Crippen LogP contribution in [0.4, 0.5) is 5.82 Å². The Bertz CT molecular complexity index is 697. The molecular weight excluding hydrogens is 376 g/mol. The molecule has 2 heterocycles. The van der Waals surface area contributed by atoms with E-state index in [-0.39, 0.29) is 11.9 Å². The molecule has 5 nitrogen and oxygen atoms in total. The van der Waals surface area contributed by atoms with Crippen LogP contribution in [-0.2, 0) is 4.79 Å². The fourth-order valence-corrected chi connectivity index (χ4v) is 3.90. The van der Waals surface area contributed by atoms with E-state index in [4.69, 9.17) is 0 Å². The van der Waals surface area contributed by atoms with Gasteiger partial charge in [-0.3, -0.25) is 4.79 Å². The summed E-state index contributed by atoms with van der Waals surface area (Å²) in [5.41, 5.74) is 1.78. The molecule has 1 amide bonds. The molecule has 0 radical (unpaired) electrons. The van der Waals surface area contributed by atoms with E-state index in [1.807, 2.05) is 49.0 Å². The number of aryl methyl sites for hydroxylation is 1. The first kappa shape index (κ1) is 16.5. The molecule has 1 fully saturated rings. The van der Waals surface area contributed by atoms with Crippen molar-refractivity contribution in [3.05, 3.63) is 40.5 Å². The molecule has 1 unspecified atom stereocenters. The van der Waals surface area contributed by atoms with Gasteiger partial charge >= 0.3 is 0 Å². The SMILES string of the molecule is Cc1cc(NC(=O)CC2CSCCN2)n(-c2cccc(Br)c2)n1. The standard InChI is InChI=1S/C16H19BrN4OS/c1-11-7-15(19-16(22)9-13-10-23-6-5-18-13)21(20-11)14-4-2-3-12(17)8-14/h2-4,7-8,13,18H,5-6,9-10H2,1H3,(H,19,22). The third kappa shape index (κ3) is 4.37. The molecule has 1 aliphatic rings. The van der Waals surface area contributed by atoms with Gasteiger partial charge in [0.1, 0.15) is 5.82 Å². The Hall–Kier alpha value is -1.31. The molecule has 7 heteroatoms. The Labute approximate surface area is 148 Å². The van der Waals surface area contributed by atoms with Gasteiger partial charge in [-0.1, -0.05) is 22.0 Å². The summed E-state index contributed by atoms with van der Waals surface area (Å²) in [5.74, 6) is 2.82. The van der Waals surface area contributed by atoms with E-state index in [1.54, 1.807) is 4.68 Å². The van der Waals surface area contributed by atoms with E-state index in [2.05, 4.69) is 31.7 Å². The van der Waals surface area contributed by atoms with Gasteiger partial charge in [0.05, 0.1) is 11.4 Å². The molecule has 1 aromatic carbocycles. The van der Waals surface area contributed by atoms with Gasteiger partial charge in [0, 0.05) is 41.1 Å². The van der Waals surface area contributed by atoms with Crippen molar-refractivity contribution in [3.63, 3.8) is 0 Å². The van der Waals surface area contributed by atoms with Crippen molar-refractivity contribution in [2.75, 3.05) is 23.4 Å². The number of benzene rings is 1. The molecule has 1 aliphatic heterocycles. The maximum Gasteiger partial charge on any atom is 0.227 e. The van der Waals surface area contributed by atoms with Gasteiger partial charge in [0.25, 0.3) is 0 Å². The fourth-order valence-electron chi connectivity index (χ4n) is 2.56. The molecule has 1 saturated heterocycles. The number of carbonyl (C=O) groups excluding carboxylic acids is 1. The van der Waals surface area contributed by atoms with Gasteiger partial charge in [-0.15, -0.1) is 0 Å². The quantitative estimate of drug-likeness (QED) is 0.836. The van der Waals surface area contributed by atoms with Crippen LogP contribution in [-0.4, -0.2) is 39.8 Å². The van der Waals surface area contributed by atoms with E-state index in [1.165, 1.54) is 0 Å². The van der Waals surface area contributed by atoms with Crippen LogP contribution in [0.3, 0.4) is 0 Å². The van der Waals surface area contributed by atoms with Crippen molar-refractivity contribution in [2.24, 2.45) is 0 Å². The van der Waals surface area contributed by atoms with Crippen molar-refractivity contribution in [1.82, 2.24) is 15.1 Å². The third-order valence-corrected chi connectivity index (χ3v) is 5.21. The van der Waals surface area contributed by atoms with Crippen LogP contribution >= 0.6 is 27.7 Å². The summed E-state index contributed by atoms with van der Waals surface area (Å²) in [6, 6.07) is 9.99. The summed E-state index contributed by atoms with van der Waals surface area (Å²) in [6.45, 7) is 2.89.